The summed E-state index contributed by atoms with van der Waals surface area (Å²) < 4.78 is 28.2. The van der Waals surface area contributed by atoms with E-state index in [0.29, 0.717) is 24.5 Å². The van der Waals surface area contributed by atoms with Gasteiger partial charge in [-0.2, -0.15) is 4.31 Å². The summed E-state index contributed by atoms with van der Waals surface area (Å²) in [5.41, 5.74) is 0.991. The third-order valence-electron chi connectivity index (χ3n) is 3.00. The third kappa shape index (κ3) is 2.93. The quantitative estimate of drug-likeness (QED) is 0.813. The van der Waals surface area contributed by atoms with Crippen LogP contribution >= 0.6 is 0 Å². The minimum atomic E-state index is -3.35. The first-order valence-corrected chi connectivity index (χ1v) is 7.79. The molecular formula is C12H23N3O2S. The van der Waals surface area contributed by atoms with Crippen molar-refractivity contribution in [2.24, 2.45) is 0 Å². The molecule has 0 bridgehead atoms. The molecule has 0 aliphatic heterocycles. The number of hydrogen-bond acceptors (Lipinski definition) is 3. The number of aromatic nitrogens is 1. The first kappa shape index (κ1) is 15.2. The molecule has 0 aliphatic rings. The highest BCUT2D eigenvalue weighted by Gasteiger charge is 2.23. The van der Waals surface area contributed by atoms with Crippen molar-refractivity contribution >= 4 is 10.0 Å². The fourth-order valence-corrected chi connectivity index (χ4v) is 3.53. The van der Waals surface area contributed by atoms with Crippen LogP contribution < -0.4 is 5.32 Å². The zero-order valence-corrected chi connectivity index (χ0v) is 12.4. The summed E-state index contributed by atoms with van der Waals surface area (Å²) in [6.07, 6.45) is 1.72. The minimum Gasteiger partial charge on any atom is -0.349 e. The second-order valence-electron chi connectivity index (χ2n) is 4.07. The lowest BCUT2D eigenvalue weighted by Gasteiger charge is -2.17. The molecule has 0 aromatic carbocycles. The molecule has 1 rings (SSSR count). The zero-order chi connectivity index (χ0) is 13.8. The molecule has 6 heteroatoms. The summed E-state index contributed by atoms with van der Waals surface area (Å²) in [6, 6.07) is 1.76. The predicted octanol–water partition coefficient (Wildman–Crippen LogP) is 1.26. The Morgan fingerprint density at radius 3 is 2.33 bits per heavy atom. The van der Waals surface area contributed by atoms with Gasteiger partial charge in [0.05, 0.1) is 0 Å². The fourth-order valence-electron chi connectivity index (χ4n) is 2.00. The molecule has 1 aromatic heterocycles. The van der Waals surface area contributed by atoms with Gasteiger partial charge in [0.25, 0.3) is 0 Å². The van der Waals surface area contributed by atoms with Gasteiger partial charge < -0.3 is 9.88 Å². The highest BCUT2D eigenvalue weighted by Crippen LogP contribution is 2.19. The van der Waals surface area contributed by atoms with Crippen LogP contribution in [0.3, 0.4) is 0 Å². The van der Waals surface area contributed by atoms with Crippen molar-refractivity contribution in [1.29, 1.82) is 0 Å². The second kappa shape index (κ2) is 6.36. The minimum absolute atomic E-state index is 0.387. The van der Waals surface area contributed by atoms with Crippen LogP contribution in [0.1, 0.15) is 26.5 Å². The predicted molar refractivity (Wildman–Crippen MR) is 73.0 cm³/mol. The van der Waals surface area contributed by atoms with Crippen LogP contribution in [0, 0.1) is 0 Å². The van der Waals surface area contributed by atoms with E-state index in [9.17, 15) is 8.42 Å². The molecule has 0 unspecified atom stereocenters. The Bertz CT molecular complexity index is 476. The molecule has 0 saturated heterocycles. The van der Waals surface area contributed by atoms with Crippen LogP contribution in [0.25, 0.3) is 0 Å². The summed E-state index contributed by atoms with van der Waals surface area (Å²) in [6.45, 7) is 8.15. The SMILES string of the molecule is CCN(CC)S(=O)(=O)c1cc(CNC)n(CC)c1. The Morgan fingerprint density at radius 2 is 1.89 bits per heavy atom. The van der Waals surface area contributed by atoms with Gasteiger partial charge in [-0.25, -0.2) is 8.42 Å². The smallest absolute Gasteiger partial charge is 0.244 e. The first-order valence-electron chi connectivity index (χ1n) is 6.34. The zero-order valence-electron chi connectivity index (χ0n) is 11.6. The van der Waals surface area contributed by atoms with Gasteiger partial charge >= 0.3 is 0 Å². The standard InChI is InChI=1S/C12H23N3O2S/c1-5-14-10-12(8-11(14)9-13-4)18(16,17)15(6-2)7-3/h8,10,13H,5-7,9H2,1-4H3. The normalized spacial score (nSPS) is 12.3. The average Bonchev–Trinajstić information content (AvgIpc) is 2.74. The van der Waals surface area contributed by atoms with Crippen molar-refractivity contribution in [1.82, 2.24) is 14.2 Å². The van der Waals surface area contributed by atoms with Gasteiger partial charge in [-0.1, -0.05) is 13.8 Å². The van der Waals surface area contributed by atoms with Crippen molar-refractivity contribution in [3.8, 4) is 0 Å². The summed E-state index contributed by atoms with van der Waals surface area (Å²) >= 11 is 0. The first-order chi connectivity index (χ1) is 8.51. The van der Waals surface area contributed by atoms with E-state index in [2.05, 4.69) is 5.32 Å². The molecule has 0 atom stereocenters. The van der Waals surface area contributed by atoms with Crippen molar-refractivity contribution in [3.05, 3.63) is 18.0 Å². The molecule has 104 valence electrons. The van der Waals surface area contributed by atoms with Crippen molar-refractivity contribution < 1.29 is 8.42 Å². The molecule has 0 amide bonds. The van der Waals surface area contributed by atoms with E-state index in [0.717, 1.165) is 12.2 Å². The van der Waals surface area contributed by atoms with Crippen molar-refractivity contribution in [2.45, 2.75) is 38.8 Å². The highest BCUT2D eigenvalue weighted by atomic mass is 32.2. The molecule has 1 aromatic rings. The molecule has 18 heavy (non-hydrogen) atoms. The molecule has 1 N–H and O–H groups in total. The van der Waals surface area contributed by atoms with Gasteiger partial charge in [-0.05, 0) is 20.0 Å². The van der Waals surface area contributed by atoms with Gasteiger partial charge in [-0.3, -0.25) is 0 Å². The Kier molecular flexibility index (Phi) is 5.37. The molecule has 0 aliphatic carbocycles. The largest absolute Gasteiger partial charge is 0.349 e. The highest BCUT2D eigenvalue weighted by molar-refractivity contribution is 7.89. The lowest BCUT2D eigenvalue weighted by Crippen LogP contribution is -2.30. The lowest BCUT2D eigenvalue weighted by atomic mass is 10.4. The van der Waals surface area contributed by atoms with Gasteiger partial charge in [-0.15, -0.1) is 0 Å². The fraction of sp³-hybridized carbons (Fsp3) is 0.667. The monoisotopic (exact) mass is 273 g/mol. The third-order valence-corrected chi connectivity index (χ3v) is 5.02. The molecule has 0 fully saturated rings. The number of rotatable bonds is 7. The number of aryl methyl sites for hydroxylation is 1. The van der Waals surface area contributed by atoms with Crippen molar-refractivity contribution in [2.75, 3.05) is 20.1 Å². The Morgan fingerprint density at radius 1 is 1.28 bits per heavy atom. The van der Waals surface area contributed by atoms with Gasteiger partial charge in [0.1, 0.15) is 4.90 Å². The van der Waals surface area contributed by atoms with E-state index in [1.165, 1.54) is 4.31 Å². The number of nitrogens with one attached hydrogen (secondary N) is 1. The molecule has 0 radical (unpaired) electrons. The van der Waals surface area contributed by atoms with E-state index in [-0.39, 0.29) is 0 Å². The van der Waals surface area contributed by atoms with E-state index < -0.39 is 10.0 Å². The molecule has 0 saturated carbocycles. The lowest BCUT2D eigenvalue weighted by molar-refractivity contribution is 0.445. The van der Waals surface area contributed by atoms with E-state index >= 15 is 0 Å². The van der Waals surface area contributed by atoms with Crippen LogP contribution in [0.15, 0.2) is 17.2 Å². The number of nitrogens with zero attached hydrogens (tertiary/aromatic N) is 2. The van der Waals surface area contributed by atoms with E-state index in [4.69, 9.17) is 0 Å². The van der Waals surface area contributed by atoms with Crippen LogP contribution in [0.4, 0.5) is 0 Å². The maximum Gasteiger partial charge on any atom is 0.244 e. The molecule has 0 spiro atoms. The molecule has 5 nitrogen and oxygen atoms in total. The van der Waals surface area contributed by atoms with E-state index in [1.807, 2.05) is 32.4 Å². The summed E-state index contributed by atoms with van der Waals surface area (Å²) in [5, 5.41) is 3.05. The summed E-state index contributed by atoms with van der Waals surface area (Å²) in [5.74, 6) is 0. The average molecular weight is 273 g/mol. The summed E-state index contributed by atoms with van der Waals surface area (Å²) in [4.78, 5) is 0.387. The van der Waals surface area contributed by atoms with Crippen LogP contribution in [-0.4, -0.2) is 37.4 Å². The Hall–Kier alpha value is -0.850. The van der Waals surface area contributed by atoms with Crippen molar-refractivity contribution in [3.63, 3.8) is 0 Å². The Labute approximate surface area is 110 Å². The number of sulfonamides is 1. The van der Waals surface area contributed by atoms with Gasteiger partial charge in [0.15, 0.2) is 0 Å². The Balaban J connectivity index is 3.17. The second-order valence-corrected chi connectivity index (χ2v) is 6.01. The molecule has 1 heterocycles. The van der Waals surface area contributed by atoms with Gasteiger partial charge in [0, 0.05) is 38.1 Å². The maximum atomic E-state index is 12.4. The van der Waals surface area contributed by atoms with Crippen LogP contribution in [0.5, 0.6) is 0 Å². The van der Waals surface area contributed by atoms with Crippen LogP contribution in [-0.2, 0) is 23.1 Å². The van der Waals surface area contributed by atoms with Gasteiger partial charge in [0.2, 0.25) is 10.0 Å². The topological polar surface area (TPSA) is 54.3 Å². The molecular weight excluding hydrogens is 250 g/mol. The summed E-state index contributed by atoms with van der Waals surface area (Å²) in [7, 11) is -1.49. The van der Waals surface area contributed by atoms with E-state index in [1.54, 1.807) is 12.3 Å². The maximum absolute atomic E-state index is 12.4. The number of hydrogen-bond donors (Lipinski definition) is 1. The van der Waals surface area contributed by atoms with Crippen LogP contribution in [0.2, 0.25) is 0 Å².